The van der Waals surface area contributed by atoms with E-state index in [1.54, 1.807) is 14.0 Å². The summed E-state index contributed by atoms with van der Waals surface area (Å²) in [5.41, 5.74) is 0. The Balaban J connectivity index is 4.31. The first kappa shape index (κ1) is 14.2. The Labute approximate surface area is 94.9 Å². The number of rotatable bonds is 5. The Kier molecular flexibility index (Phi) is 6.78. The Morgan fingerprint density at radius 1 is 1.64 bits per heavy atom. The number of carbonyl (C=O) groups is 1. The number of methoxy groups -OCH3 is 1. The van der Waals surface area contributed by atoms with Gasteiger partial charge in [-0.05, 0) is 13.3 Å². The molecular weight excluding hydrogens is 241 g/mol. The molecule has 14 heavy (non-hydrogen) atoms. The van der Waals surface area contributed by atoms with Crippen LogP contribution in [0.5, 0.6) is 0 Å². The number of ether oxygens (including phenoxy) is 2. The van der Waals surface area contributed by atoms with Crippen LogP contribution >= 0.6 is 17.6 Å². The molecule has 7 heteroatoms. The van der Waals surface area contributed by atoms with Crippen molar-refractivity contribution in [3.63, 3.8) is 0 Å². The predicted octanol–water partition coefficient (Wildman–Crippen LogP) is 2.35. The molecule has 0 aliphatic rings. The van der Waals surface area contributed by atoms with Crippen molar-refractivity contribution >= 4 is 35.5 Å². The second kappa shape index (κ2) is 6.67. The molecule has 4 nitrogen and oxygen atoms in total. The summed E-state index contributed by atoms with van der Waals surface area (Å²) in [6.45, 7) is 3.98. The van der Waals surface area contributed by atoms with Crippen LogP contribution in [0.15, 0.2) is 0 Å². The van der Waals surface area contributed by atoms with Crippen LogP contribution in [-0.2, 0) is 21.3 Å². The lowest BCUT2D eigenvalue weighted by atomic mass is 10.5. The maximum atomic E-state index is 11.1. The monoisotopic (exact) mass is 257 g/mol. The standard InChI is InChI=1S/C7H16NO3PS2/c1-4-6(10-3)12(13,14)8-7(9)11-5-2/h6H,4-5H2,1-3H3,(H2,8,9,13,14). The molecule has 0 aliphatic carbocycles. The molecular formula is C7H16NO3PS2. The first-order valence-corrected chi connectivity index (χ1v) is 8.30. The van der Waals surface area contributed by atoms with Gasteiger partial charge in [0.05, 0.1) is 6.61 Å². The molecule has 2 unspecified atom stereocenters. The number of nitrogens with one attached hydrogen (secondary N) is 1. The number of amides is 1. The van der Waals surface area contributed by atoms with Gasteiger partial charge in [-0.15, -0.1) is 12.2 Å². The van der Waals surface area contributed by atoms with Gasteiger partial charge in [-0.3, -0.25) is 5.09 Å². The van der Waals surface area contributed by atoms with Gasteiger partial charge in [0.15, 0.2) is 0 Å². The summed E-state index contributed by atoms with van der Waals surface area (Å²) in [6.07, 6.45) is 0.185. The predicted molar refractivity (Wildman–Crippen MR) is 64.5 cm³/mol. The van der Waals surface area contributed by atoms with E-state index in [1.165, 1.54) is 0 Å². The second-order valence-corrected chi connectivity index (χ2v) is 9.03. The minimum atomic E-state index is -2.31. The SMILES string of the molecule is CCOC(=O)NP(=S)(S)C(CC)OC. The van der Waals surface area contributed by atoms with Gasteiger partial charge < -0.3 is 9.47 Å². The third kappa shape index (κ3) is 4.64. The Hall–Kier alpha value is 0.230. The minimum absolute atomic E-state index is 0.217. The fourth-order valence-corrected chi connectivity index (χ4v) is 4.12. The number of carbonyl (C=O) groups excluding carboxylic acids is 1. The molecule has 84 valence electrons. The van der Waals surface area contributed by atoms with Gasteiger partial charge >= 0.3 is 6.09 Å². The van der Waals surface area contributed by atoms with Crippen molar-refractivity contribution in [1.29, 1.82) is 0 Å². The van der Waals surface area contributed by atoms with Crippen LogP contribution in [0.4, 0.5) is 4.79 Å². The molecule has 0 fully saturated rings. The normalized spacial score (nSPS) is 16.9. The Morgan fingerprint density at radius 2 is 2.21 bits per heavy atom. The third-order valence-corrected chi connectivity index (χ3v) is 5.45. The van der Waals surface area contributed by atoms with E-state index in [2.05, 4.69) is 17.3 Å². The first-order valence-electron chi connectivity index (χ1n) is 4.28. The molecule has 0 rings (SSSR count). The van der Waals surface area contributed by atoms with Crippen molar-refractivity contribution in [2.75, 3.05) is 13.7 Å². The Bertz CT molecular complexity index is 233. The van der Waals surface area contributed by atoms with E-state index in [0.29, 0.717) is 13.0 Å². The number of thiol groups is 1. The van der Waals surface area contributed by atoms with Crippen LogP contribution < -0.4 is 5.09 Å². The van der Waals surface area contributed by atoms with Crippen LogP contribution in [-0.4, -0.2) is 25.7 Å². The molecule has 1 amide bonds. The van der Waals surface area contributed by atoms with E-state index in [0.717, 1.165) is 0 Å². The van der Waals surface area contributed by atoms with Crippen molar-refractivity contribution in [1.82, 2.24) is 5.09 Å². The molecule has 0 saturated carbocycles. The third-order valence-electron chi connectivity index (χ3n) is 1.54. The average molecular weight is 257 g/mol. The first-order chi connectivity index (χ1) is 6.47. The van der Waals surface area contributed by atoms with E-state index < -0.39 is 11.5 Å². The highest BCUT2D eigenvalue weighted by Crippen LogP contribution is 2.53. The van der Waals surface area contributed by atoms with Gasteiger partial charge in [-0.2, -0.15) is 0 Å². The van der Waals surface area contributed by atoms with Crippen molar-refractivity contribution in [3.05, 3.63) is 0 Å². The van der Waals surface area contributed by atoms with Crippen LogP contribution in [0.25, 0.3) is 0 Å². The number of hydrogen-bond donors (Lipinski definition) is 2. The van der Waals surface area contributed by atoms with Gasteiger partial charge in [0.1, 0.15) is 11.2 Å². The van der Waals surface area contributed by atoms with Crippen molar-refractivity contribution in [2.24, 2.45) is 0 Å². The lowest BCUT2D eigenvalue weighted by Gasteiger charge is -2.24. The van der Waals surface area contributed by atoms with Gasteiger partial charge in [0.2, 0.25) is 0 Å². The van der Waals surface area contributed by atoms with Crippen molar-refractivity contribution < 1.29 is 14.3 Å². The van der Waals surface area contributed by atoms with E-state index in [9.17, 15) is 4.79 Å². The van der Waals surface area contributed by atoms with E-state index in [-0.39, 0.29) is 5.85 Å². The highest BCUT2D eigenvalue weighted by molar-refractivity contribution is 8.63. The summed E-state index contributed by atoms with van der Waals surface area (Å²) < 4.78 is 9.87. The average Bonchev–Trinajstić information content (AvgIpc) is 2.04. The Morgan fingerprint density at radius 3 is 2.57 bits per heavy atom. The molecule has 1 N–H and O–H groups in total. The molecule has 0 aliphatic heterocycles. The van der Waals surface area contributed by atoms with Crippen LogP contribution in [0.3, 0.4) is 0 Å². The zero-order chi connectivity index (χ0) is 11.2. The summed E-state index contributed by atoms with van der Waals surface area (Å²) in [5.74, 6) is -0.217. The molecule has 0 heterocycles. The van der Waals surface area contributed by atoms with Crippen LogP contribution in [0.2, 0.25) is 0 Å². The largest absolute Gasteiger partial charge is 0.450 e. The van der Waals surface area contributed by atoms with Crippen molar-refractivity contribution in [2.45, 2.75) is 26.1 Å². The van der Waals surface area contributed by atoms with Crippen molar-refractivity contribution in [3.8, 4) is 0 Å². The highest BCUT2D eigenvalue weighted by atomic mass is 32.9. The summed E-state index contributed by atoms with van der Waals surface area (Å²) in [4.78, 5) is 11.1. The smallest absolute Gasteiger partial charge is 0.411 e. The second-order valence-electron chi connectivity index (χ2n) is 2.55. The molecule has 2 atom stereocenters. The fourth-order valence-electron chi connectivity index (χ4n) is 0.923. The zero-order valence-corrected chi connectivity index (χ0v) is 11.1. The topological polar surface area (TPSA) is 47.6 Å². The zero-order valence-electron chi connectivity index (χ0n) is 8.52. The quantitative estimate of drug-likeness (QED) is 0.586. The van der Waals surface area contributed by atoms with Crippen LogP contribution in [0.1, 0.15) is 20.3 Å². The van der Waals surface area contributed by atoms with Gasteiger partial charge in [0, 0.05) is 7.11 Å². The molecule has 0 bridgehead atoms. The number of hydrogen-bond acceptors (Lipinski definition) is 4. The van der Waals surface area contributed by atoms with Gasteiger partial charge in [-0.1, -0.05) is 18.7 Å². The van der Waals surface area contributed by atoms with E-state index >= 15 is 0 Å². The minimum Gasteiger partial charge on any atom is -0.450 e. The summed E-state index contributed by atoms with van der Waals surface area (Å²) in [5, 5.41) is 0.256. The summed E-state index contributed by atoms with van der Waals surface area (Å²) >= 11 is 9.45. The highest BCUT2D eigenvalue weighted by Gasteiger charge is 2.25. The van der Waals surface area contributed by atoms with Gasteiger partial charge in [-0.25, -0.2) is 4.79 Å². The molecule has 0 aromatic carbocycles. The summed E-state index contributed by atoms with van der Waals surface area (Å²) in [6, 6.07) is 0. The molecule has 0 aromatic heterocycles. The molecule has 0 spiro atoms. The molecule has 0 saturated heterocycles. The molecule has 0 aromatic rings. The lowest BCUT2D eigenvalue weighted by molar-refractivity contribution is 0.153. The lowest BCUT2D eigenvalue weighted by Crippen LogP contribution is -2.25. The van der Waals surface area contributed by atoms with Crippen LogP contribution in [0, 0.1) is 0 Å². The van der Waals surface area contributed by atoms with Gasteiger partial charge in [0.25, 0.3) is 0 Å². The maximum absolute atomic E-state index is 11.1. The fraction of sp³-hybridized carbons (Fsp3) is 0.857. The van der Waals surface area contributed by atoms with E-state index in [4.69, 9.17) is 21.3 Å². The maximum Gasteiger partial charge on any atom is 0.411 e. The van der Waals surface area contributed by atoms with E-state index in [1.807, 2.05) is 6.92 Å². The summed E-state index contributed by atoms with van der Waals surface area (Å²) in [7, 11) is 1.55. The molecule has 0 radical (unpaired) electrons.